The summed E-state index contributed by atoms with van der Waals surface area (Å²) in [5.41, 5.74) is -0.229. The van der Waals surface area contributed by atoms with Crippen molar-refractivity contribution >= 4 is 17.3 Å². The van der Waals surface area contributed by atoms with Gasteiger partial charge >= 0.3 is 5.97 Å². The second-order valence-corrected chi connectivity index (χ2v) is 4.15. The van der Waals surface area contributed by atoms with E-state index in [-0.39, 0.29) is 15.4 Å². The average molecular weight is 255 g/mol. The Morgan fingerprint density at radius 1 is 1.35 bits per heavy atom. The topological polar surface area (TPSA) is 39.2 Å². The van der Waals surface area contributed by atoms with Crippen molar-refractivity contribution in [2.45, 2.75) is 0 Å². The van der Waals surface area contributed by atoms with Gasteiger partial charge in [-0.1, -0.05) is 6.07 Å². The summed E-state index contributed by atoms with van der Waals surface area (Å²) in [6.45, 7) is 0. The van der Waals surface area contributed by atoms with Crippen LogP contribution in [0.25, 0.3) is 10.6 Å². The Morgan fingerprint density at radius 2 is 2.00 bits per heavy atom. The number of carbonyl (C=O) groups is 1. The summed E-state index contributed by atoms with van der Waals surface area (Å²) in [5.74, 6) is -2.00. The molecule has 0 unspecified atom stereocenters. The van der Waals surface area contributed by atoms with Crippen LogP contribution in [0.4, 0.5) is 8.78 Å². The number of rotatable bonds is 2. The Balaban J connectivity index is 2.47. The minimum atomic E-state index is -0.712. The van der Waals surface area contributed by atoms with Gasteiger partial charge in [-0.2, -0.15) is 0 Å². The molecule has 0 fully saturated rings. The summed E-state index contributed by atoms with van der Waals surface area (Å²) in [4.78, 5) is 15.2. The van der Waals surface area contributed by atoms with Crippen molar-refractivity contribution in [3.05, 3.63) is 40.9 Å². The maximum atomic E-state index is 13.4. The van der Waals surface area contributed by atoms with Crippen LogP contribution < -0.4 is 0 Å². The van der Waals surface area contributed by atoms with Crippen LogP contribution in [0.3, 0.4) is 0 Å². The van der Waals surface area contributed by atoms with Crippen LogP contribution in [0, 0.1) is 11.6 Å². The number of thiazole rings is 1. The van der Waals surface area contributed by atoms with E-state index in [0.717, 1.165) is 23.5 Å². The number of ether oxygens (including phenoxy) is 1. The number of aromatic nitrogens is 1. The highest BCUT2D eigenvalue weighted by Crippen LogP contribution is 2.29. The molecule has 0 aliphatic carbocycles. The lowest BCUT2D eigenvalue weighted by molar-refractivity contribution is 0.0606. The minimum Gasteiger partial charge on any atom is -0.465 e. The molecule has 0 bridgehead atoms. The molecule has 88 valence electrons. The number of nitrogens with zero attached hydrogens (tertiary/aromatic N) is 1. The van der Waals surface area contributed by atoms with E-state index in [9.17, 15) is 13.6 Å². The Bertz CT molecular complexity index is 548. The van der Waals surface area contributed by atoms with E-state index in [1.807, 2.05) is 0 Å². The average Bonchev–Trinajstić information content (AvgIpc) is 2.77. The van der Waals surface area contributed by atoms with Crippen LogP contribution in [0.1, 0.15) is 9.67 Å². The second-order valence-electron chi connectivity index (χ2n) is 3.12. The first-order valence-corrected chi connectivity index (χ1v) is 5.43. The fourth-order valence-electron chi connectivity index (χ4n) is 1.29. The van der Waals surface area contributed by atoms with Crippen molar-refractivity contribution in [1.29, 1.82) is 0 Å². The Kier molecular flexibility index (Phi) is 3.14. The first kappa shape index (κ1) is 11.7. The molecule has 17 heavy (non-hydrogen) atoms. The number of methoxy groups -OCH3 is 1. The third-order valence-corrected chi connectivity index (χ3v) is 3.06. The standard InChI is InChI=1S/C11H7F2NO2S/c1-16-11(15)8-5-14-10(17-8)9-6(12)3-2-4-7(9)13/h2-5H,1H3. The third kappa shape index (κ3) is 2.16. The van der Waals surface area contributed by atoms with Gasteiger partial charge in [-0.25, -0.2) is 18.6 Å². The summed E-state index contributed by atoms with van der Waals surface area (Å²) in [6, 6.07) is 3.54. The molecule has 3 nitrogen and oxygen atoms in total. The predicted octanol–water partition coefficient (Wildman–Crippen LogP) is 2.87. The lowest BCUT2D eigenvalue weighted by Gasteiger charge is -1.99. The fraction of sp³-hybridized carbons (Fsp3) is 0.0909. The Morgan fingerprint density at radius 3 is 2.59 bits per heavy atom. The van der Waals surface area contributed by atoms with Gasteiger partial charge in [0.25, 0.3) is 0 Å². The SMILES string of the molecule is COC(=O)c1cnc(-c2c(F)cccc2F)s1. The highest BCUT2D eigenvalue weighted by atomic mass is 32.1. The maximum absolute atomic E-state index is 13.4. The lowest BCUT2D eigenvalue weighted by atomic mass is 10.2. The summed E-state index contributed by atoms with van der Waals surface area (Å²) in [7, 11) is 1.23. The first-order chi connectivity index (χ1) is 8.13. The number of esters is 1. The van der Waals surface area contributed by atoms with Gasteiger partial charge in [0, 0.05) is 0 Å². The number of carbonyl (C=O) groups excluding carboxylic acids is 1. The quantitative estimate of drug-likeness (QED) is 0.774. The van der Waals surface area contributed by atoms with Crippen molar-refractivity contribution in [3.8, 4) is 10.6 Å². The van der Waals surface area contributed by atoms with Gasteiger partial charge in [-0.15, -0.1) is 11.3 Å². The van der Waals surface area contributed by atoms with Gasteiger partial charge in [0.2, 0.25) is 0 Å². The first-order valence-electron chi connectivity index (χ1n) is 4.62. The number of hydrogen-bond acceptors (Lipinski definition) is 4. The lowest BCUT2D eigenvalue weighted by Crippen LogP contribution is -1.96. The van der Waals surface area contributed by atoms with E-state index < -0.39 is 17.6 Å². The summed E-state index contributed by atoms with van der Waals surface area (Å²) < 4.78 is 31.4. The second kappa shape index (κ2) is 4.58. The van der Waals surface area contributed by atoms with E-state index in [2.05, 4.69) is 9.72 Å². The van der Waals surface area contributed by atoms with E-state index in [1.54, 1.807) is 0 Å². The fourth-order valence-corrected chi connectivity index (χ4v) is 2.17. The van der Waals surface area contributed by atoms with Gasteiger partial charge in [0.15, 0.2) is 0 Å². The summed E-state index contributed by atoms with van der Waals surface area (Å²) >= 11 is 0.881. The van der Waals surface area contributed by atoms with E-state index >= 15 is 0 Å². The molecule has 0 aliphatic rings. The number of halogens is 2. The Hall–Kier alpha value is -1.82. The zero-order valence-electron chi connectivity index (χ0n) is 8.74. The molecule has 0 amide bonds. The van der Waals surface area contributed by atoms with Crippen LogP contribution in [-0.2, 0) is 4.74 Å². The Labute approximate surface area is 99.7 Å². The van der Waals surface area contributed by atoms with Crippen molar-refractivity contribution in [2.24, 2.45) is 0 Å². The highest BCUT2D eigenvalue weighted by molar-refractivity contribution is 7.16. The molecule has 0 saturated carbocycles. The van der Waals surface area contributed by atoms with Crippen molar-refractivity contribution in [3.63, 3.8) is 0 Å². The third-order valence-electron chi connectivity index (χ3n) is 2.07. The molecule has 0 spiro atoms. The van der Waals surface area contributed by atoms with Crippen LogP contribution >= 0.6 is 11.3 Å². The van der Waals surface area contributed by atoms with E-state index in [1.165, 1.54) is 19.4 Å². The van der Waals surface area contributed by atoms with Crippen LogP contribution in [0.5, 0.6) is 0 Å². The van der Waals surface area contributed by atoms with Gasteiger partial charge in [0.1, 0.15) is 21.5 Å². The molecule has 6 heteroatoms. The zero-order valence-corrected chi connectivity index (χ0v) is 9.55. The van der Waals surface area contributed by atoms with Crippen LogP contribution in [0.15, 0.2) is 24.4 Å². The molecule has 1 aromatic heterocycles. The van der Waals surface area contributed by atoms with Crippen LogP contribution in [-0.4, -0.2) is 18.1 Å². The minimum absolute atomic E-state index is 0.112. The van der Waals surface area contributed by atoms with Gasteiger partial charge in [-0.3, -0.25) is 0 Å². The molecule has 1 aromatic carbocycles. The monoisotopic (exact) mass is 255 g/mol. The van der Waals surface area contributed by atoms with Crippen molar-refractivity contribution in [2.75, 3.05) is 7.11 Å². The summed E-state index contributed by atoms with van der Waals surface area (Å²) in [6.07, 6.45) is 1.23. The molecular weight excluding hydrogens is 248 g/mol. The molecule has 0 atom stereocenters. The molecular formula is C11H7F2NO2S. The smallest absolute Gasteiger partial charge is 0.349 e. The van der Waals surface area contributed by atoms with E-state index in [0.29, 0.717) is 0 Å². The van der Waals surface area contributed by atoms with Gasteiger partial charge < -0.3 is 4.74 Å². The number of hydrogen-bond donors (Lipinski definition) is 0. The molecule has 1 heterocycles. The molecule has 2 aromatic rings. The van der Waals surface area contributed by atoms with Crippen molar-refractivity contribution in [1.82, 2.24) is 4.98 Å². The van der Waals surface area contributed by atoms with Gasteiger partial charge in [-0.05, 0) is 12.1 Å². The van der Waals surface area contributed by atoms with Crippen LogP contribution in [0.2, 0.25) is 0 Å². The highest BCUT2D eigenvalue weighted by Gasteiger charge is 2.17. The normalized spacial score (nSPS) is 10.3. The largest absolute Gasteiger partial charge is 0.465 e. The van der Waals surface area contributed by atoms with Gasteiger partial charge in [0.05, 0.1) is 18.9 Å². The van der Waals surface area contributed by atoms with Crippen molar-refractivity contribution < 1.29 is 18.3 Å². The molecule has 0 saturated heterocycles. The number of benzene rings is 1. The molecule has 0 radical (unpaired) electrons. The van der Waals surface area contributed by atoms with E-state index in [4.69, 9.17) is 0 Å². The summed E-state index contributed by atoms with van der Waals surface area (Å²) in [5, 5.41) is 0.112. The molecule has 2 rings (SSSR count). The predicted molar refractivity (Wildman–Crippen MR) is 58.8 cm³/mol. The zero-order chi connectivity index (χ0) is 12.4. The molecule has 0 N–H and O–H groups in total. The maximum Gasteiger partial charge on any atom is 0.349 e. The molecule has 0 aliphatic heterocycles.